The van der Waals surface area contributed by atoms with Crippen LogP contribution in [0.5, 0.6) is 11.5 Å². The van der Waals surface area contributed by atoms with Gasteiger partial charge in [0.05, 0.1) is 0 Å². The third kappa shape index (κ3) is 2.76. The van der Waals surface area contributed by atoms with E-state index in [0.717, 1.165) is 18.0 Å². The maximum absolute atomic E-state index is 5.44. The molecule has 0 bridgehead atoms. The summed E-state index contributed by atoms with van der Waals surface area (Å²) in [6.07, 6.45) is 0. The molecule has 1 N–H and O–H groups in total. The van der Waals surface area contributed by atoms with Crippen molar-refractivity contribution in [1.29, 1.82) is 0 Å². The number of benzene rings is 3. The number of nitrogens with one attached hydrogen (secondary N) is 1. The standard InChI is InChI=1S/C20H19NO2/c1-14(17-8-4-6-16-5-2-3-7-18(16)17)21-12-15-9-10-19-20(11-15)23-13-22-19/h2-11,14,21H,12-13H2,1H3. The smallest absolute Gasteiger partial charge is 0.231 e. The van der Waals surface area contributed by atoms with Crippen molar-refractivity contribution in [3.05, 3.63) is 71.8 Å². The van der Waals surface area contributed by atoms with Gasteiger partial charge in [-0.3, -0.25) is 0 Å². The maximum atomic E-state index is 5.44. The Hall–Kier alpha value is -2.52. The summed E-state index contributed by atoms with van der Waals surface area (Å²) < 4.78 is 10.8. The Labute approximate surface area is 135 Å². The number of ether oxygens (including phenoxy) is 2. The molecule has 0 saturated carbocycles. The third-order valence-electron chi connectivity index (χ3n) is 4.34. The second-order valence-corrected chi connectivity index (χ2v) is 5.86. The highest BCUT2D eigenvalue weighted by Gasteiger charge is 2.14. The summed E-state index contributed by atoms with van der Waals surface area (Å²) in [4.78, 5) is 0. The molecule has 1 unspecified atom stereocenters. The van der Waals surface area contributed by atoms with Gasteiger partial charge in [0.25, 0.3) is 0 Å². The zero-order valence-electron chi connectivity index (χ0n) is 13.1. The van der Waals surface area contributed by atoms with Gasteiger partial charge in [0.1, 0.15) is 0 Å². The van der Waals surface area contributed by atoms with E-state index in [2.05, 4.69) is 60.8 Å². The average molecular weight is 305 g/mol. The van der Waals surface area contributed by atoms with Gasteiger partial charge in [-0.2, -0.15) is 0 Å². The molecule has 3 nitrogen and oxygen atoms in total. The number of hydrogen-bond acceptors (Lipinski definition) is 3. The van der Waals surface area contributed by atoms with E-state index in [1.807, 2.05) is 12.1 Å². The van der Waals surface area contributed by atoms with Crippen LogP contribution in [0.3, 0.4) is 0 Å². The van der Waals surface area contributed by atoms with Crippen LogP contribution in [0.4, 0.5) is 0 Å². The largest absolute Gasteiger partial charge is 0.454 e. The Bertz CT molecular complexity index is 839. The van der Waals surface area contributed by atoms with Crippen molar-refractivity contribution < 1.29 is 9.47 Å². The Balaban J connectivity index is 1.52. The van der Waals surface area contributed by atoms with Crippen molar-refractivity contribution in [1.82, 2.24) is 5.32 Å². The normalized spacial score (nSPS) is 14.1. The summed E-state index contributed by atoms with van der Waals surface area (Å²) in [5.41, 5.74) is 2.52. The molecule has 116 valence electrons. The monoisotopic (exact) mass is 305 g/mol. The molecule has 0 saturated heterocycles. The molecule has 3 heteroatoms. The van der Waals surface area contributed by atoms with Gasteiger partial charge in [-0.25, -0.2) is 0 Å². The van der Waals surface area contributed by atoms with Gasteiger partial charge in [-0.1, -0.05) is 48.5 Å². The third-order valence-corrected chi connectivity index (χ3v) is 4.34. The molecule has 1 atom stereocenters. The number of hydrogen-bond donors (Lipinski definition) is 1. The minimum Gasteiger partial charge on any atom is -0.454 e. The molecule has 3 aromatic carbocycles. The van der Waals surface area contributed by atoms with E-state index >= 15 is 0 Å². The van der Waals surface area contributed by atoms with Crippen LogP contribution in [0, 0.1) is 0 Å². The lowest BCUT2D eigenvalue weighted by atomic mass is 9.99. The van der Waals surface area contributed by atoms with Crippen LogP contribution in [-0.4, -0.2) is 6.79 Å². The van der Waals surface area contributed by atoms with Gasteiger partial charge in [-0.15, -0.1) is 0 Å². The van der Waals surface area contributed by atoms with E-state index in [1.165, 1.54) is 21.9 Å². The molecule has 0 fully saturated rings. The highest BCUT2D eigenvalue weighted by molar-refractivity contribution is 5.86. The Morgan fingerprint density at radius 1 is 0.957 bits per heavy atom. The predicted molar refractivity (Wildman–Crippen MR) is 91.8 cm³/mol. The second-order valence-electron chi connectivity index (χ2n) is 5.86. The van der Waals surface area contributed by atoms with E-state index in [9.17, 15) is 0 Å². The fourth-order valence-electron chi connectivity index (χ4n) is 3.06. The van der Waals surface area contributed by atoms with E-state index in [-0.39, 0.29) is 6.04 Å². The Kier molecular flexibility index (Phi) is 3.64. The van der Waals surface area contributed by atoms with E-state index in [1.54, 1.807) is 0 Å². The lowest BCUT2D eigenvalue weighted by Gasteiger charge is -2.17. The summed E-state index contributed by atoms with van der Waals surface area (Å²) in [6, 6.07) is 21.4. The van der Waals surface area contributed by atoms with Crippen LogP contribution in [0.2, 0.25) is 0 Å². The van der Waals surface area contributed by atoms with Crippen LogP contribution in [0.15, 0.2) is 60.7 Å². The van der Waals surface area contributed by atoms with Crippen molar-refractivity contribution in [2.45, 2.75) is 19.5 Å². The first kappa shape index (κ1) is 14.1. The van der Waals surface area contributed by atoms with Crippen LogP contribution < -0.4 is 14.8 Å². The van der Waals surface area contributed by atoms with E-state index < -0.39 is 0 Å². The predicted octanol–water partition coefficient (Wildman–Crippen LogP) is 4.42. The molecule has 0 aliphatic carbocycles. The van der Waals surface area contributed by atoms with Crippen molar-refractivity contribution in [2.75, 3.05) is 6.79 Å². The Morgan fingerprint density at radius 2 is 1.78 bits per heavy atom. The molecule has 3 aromatic rings. The maximum Gasteiger partial charge on any atom is 0.231 e. The first-order valence-electron chi connectivity index (χ1n) is 7.91. The molecule has 1 heterocycles. The minimum absolute atomic E-state index is 0.270. The molecular weight excluding hydrogens is 286 g/mol. The van der Waals surface area contributed by atoms with Gasteiger partial charge in [0.2, 0.25) is 6.79 Å². The summed E-state index contributed by atoms with van der Waals surface area (Å²) in [7, 11) is 0. The fraction of sp³-hybridized carbons (Fsp3) is 0.200. The topological polar surface area (TPSA) is 30.5 Å². The highest BCUT2D eigenvalue weighted by atomic mass is 16.7. The molecule has 4 rings (SSSR count). The summed E-state index contributed by atoms with van der Waals surface area (Å²) in [5.74, 6) is 1.66. The second kappa shape index (κ2) is 5.94. The van der Waals surface area contributed by atoms with Crippen molar-refractivity contribution in [3.63, 3.8) is 0 Å². The number of fused-ring (bicyclic) bond motifs is 2. The molecular formula is C20H19NO2. The summed E-state index contributed by atoms with van der Waals surface area (Å²) >= 11 is 0. The molecule has 1 aliphatic heterocycles. The SMILES string of the molecule is CC(NCc1ccc2c(c1)OCO2)c1cccc2ccccc12. The van der Waals surface area contributed by atoms with Gasteiger partial charge in [0.15, 0.2) is 11.5 Å². The van der Waals surface area contributed by atoms with Crippen molar-refractivity contribution in [2.24, 2.45) is 0 Å². The molecule has 0 spiro atoms. The van der Waals surface area contributed by atoms with Crippen LogP contribution in [0.1, 0.15) is 24.1 Å². The van der Waals surface area contributed by atoms with Crippen LogP contribution >= 0.6 is 0 Å². The zero-order chi connectivity index (χ0) is 15.6. The average Bonchev–Trinajstić information content (AvgIpc) is 3.07. The molecule has 0 aromatic heterocycles. The molecule has 0 radical (unpaired) electrons. The zero-order valence-corrected chi connectivity index (χ0v) is 13.1. The van der Waals surface area contributed by atoms with Crippen LogP contribution in [0.25, 0.3) is 10.8 Å². The molecule has 23 heavy (non-hydrogen) atoms. The molecule has 1 aliphatic rings. The minimum atomic E-state index is 0.270. The van der Waals surface area contributed by atoms with Gasteiger partial charge in [-0.05, 0) is 41.0 Å². The number of rotatable bonds is 4. The lowest BCUT2D eigenvalue weighted by molar-refractivity contribution is 0.174. The molecule has 0 amide bonds. The van der Waals surface area contributed by atoms with Gasteiger partial charge < -0.3 is 14.8 Å². The van der Waals surface area contributed by atoms with Crippen molar-refractivity contribution >= 4 is 10.8 Å². The van der Waals surface area contributed by atoms with Gasteiger partial charge in [0, 0.05) is 12.6 Å². The van der Waals surface area contributed by atoms with E-state index in [4.69, 9.17) is 9.47 Å². The lowest BCUT2D eigenvalue weighted by Crippen LogP contribution is -2.18. The van der Waals surface area contributed by atoms with Crippen LogP contribution in [-0.2, 0) is 6.54 Å². The first-order valence-corrected chi connectivity index (χ1v) is 7.91. The van der Waals surface area contributed by atoms with E-state index in [0.29, 0.717) is 6.79 Å². The highest BCUT2D eigenvalue weighted by Crippen LogP contribution is 2.32. The van der Waals surface area contributed by atoms with Gasteiger partial charge >= 0.3 is 0 Å². The summed E-state index contributed by atoms with van der Waals surface area (Å²) in [6.45, 7) is 3.31. The summed E-state index contributed by atoms with van der Waals surface area (Å²) in [5, 5.41) is 6.19. The Morgan fingerprint density at radius 3 is 2.74 bits per heavy atom. The quantitative estimate of drug-likeness (QED) is 0.774. The first-order chi connectivity index (χ1) is 11.3. The van der Waals surface area contributed by atoms with Crippen molar-refractivity contribution in [3.8, 4) is 11.5 Å². The fourth-order valence-corrected chi connectivity index (χ4v) is 3.06.